The van der Waals surface area contributed by atoms with Crippen molar-refractivity contribution in [2.45, 2.75) is 24.2 Å². The molecule has 0 N–H and O–H groups in total. The minimum absolute atomic E-state index is 0.0672. The van der Waals surface area contributed by atoms with Crippen LogP contribution in [0.2, 0.25) is 0 Å². The second kappa shape index (κ2) is 4.44. The summed E-state index contributed by atoms with van der Waals surface area (Å²) >= 11 is 0.444. The third kappa shape index (κ3) is 3.08. The van der Waals surface area contributed by atoms with Crippen LogP contribution in [0.25, 0.3) is 0 Å². The maximum absolute atomic E-state index is 12.6. The number of rotatable bonds is 1. The first kappa shape index (κ1) is 14.2. The summed E-state index contributed by atoms with van der Waals surface area (Å²) in [7, 11) is 0. The van der Waals surface area contributed by atoms with Gasteiger partial charge in [-0.05, 0) is 30.9 Å². The fourth-order valence-corrected chi connectivity index (χ4v) is 2.20. The van der Waals surface area contributed by atoms with Crippen molar-refractivity contribution in [3.8, 4) is 0 Å². The highest BCUT2D eigenvalue weighted by Gasteiger charge is 2.40. The van der Waals surface area contributed by atoms with Crippen LogP contribution in [0.15, 0.2) is 17.0 Å². The van der Waals surface area contributed by atoms with E-state index in [0.29, 0.717) is 11.8 Å². The Balaban J connectivity index is 3.58. The van der Waals surface area contributed by atoms with Crippen LogP contribution in [-0.2, 0) is 12.4 Å². The zero-order chi connectivity index (χ0) is 13.4. The molecule has 17 heavy (non-hydrogen) atoms. The molecule has 1 aromatic rings. The Morgan fingerprint density at radius 2 is 1.24 bits per heavy atom. The van der Waals surface area contributed by atoms with Crippen molar-refractivity contribution in [2.24, 2.45) is 0 Å². The van der Waals surface area contributed by atoms with Gasteiger partial charge in [0.05, 0.1) is 11.1 Å². The van der Waals surface area contributed by atoms with Crippen LogP contribution in [0.4, 0.5) is 26.3 Å². The van der Waals surface area contributed by atoms with Crippen molar-refractivity contribution in [1.82, 2.24) is 0 Å². The molecule has 0 amide bonds. The molecule has 0 aliphatic rings. The smallest absolute Gasteiger partial charge is 0.166 e. The summed E-state index contributed by atoms with van der Waals surface area (Å²) in [4.78, 5) is -0.782. The van der Waals surface area contributed by atoms with E-state index < -0.39 is 28.4 Å². The first-order valence-corrected chi connectivity index (χ1v) is 5.63. The Morgan fingerprint density at radius 3 is 1.47 bits per heavy atom. The molecular weight excluding hydrogens is 266 g/mol. The Morgan fingerprint density at radius 1 is 0.882 bits per heavy atom. The summed E-state index contributed by atoms with van der Waals surface area (Å²) in [6.07, 6.45) is -8.39. The minimum atomic E-state index is -4.79. The first-order chi connectivity index (χ1) is 7.57. The SMILES string of the molecule is CSc1c(C(F)(F)F)cc(C)cc1C(F)(F)F. The van der Waals surface area contributed by atoms with E-state index in [-0.39, 0.29) is 5.56 Å². The summed E-state index contributed by atoms with van der Waals surface area (Å²) in [5, 5.41) is 0. The summed E-state index contributed by atoms with van der Waals surface area (Å²) in [6.45, 7) is 1.20. The molecule has 0 saturated carbocycles. The zero-order valence-corrected chi connectivity index (χ0v) is 9.65. The van der Waals surface area contributed by atoms with Crippen LogP contribution in [-0.4, -0.2) is 6.26 Å². The molecule has 96 valence electrons. The zero-order valence-electron chi connectivity index (χ0n) is 8.83. The van der Waals surface area contributed by atoms with Crippen molar-refractivity contribution in [2.75, 3.05) is 6.26 Å². The van der Waals surface area contributed by atoms with Crippen molar-refractivity contribution in [1.29, 1.82) is 0 Å². The highest BCUT2D eigenvalue weighted by Crippen LogP contribution is 2.43. The van der Waals surface area contributed by atoms with Gasteiger partial charge in [-0.15, -0.1) is 11.8 Å². The average Bonchev–Trinajstić information content (AvgIpc) is 2.13. The van der Waals surface area contributed by atoms with Gasteiger partial charge < -0.3 is 0 Å². The highest BCUT2D eigenvalue weighted by atomic mass is 32.2. The topological polar surface area (TPSA) is 0 Å². The van der Waals surface area contributed by atoms with E-state index >= 15 is 0 Å². The number of halogens is 6. The molecule has 0 aromatic heterocycles. The monoisotopic (exact) mass is 274 g/mol. The Kier molecular flexibility index (Phi) is 3.71. The quantitative estimate of drug-likeness (QED) is 0.526. The van der Waals surface area contributed by atoms with Gasteiger partial charge in [-0.25, -0.2) is 0 Å². The molecular formula is C10H8F6S. The summed E-state index contributed by atoms with van der Waals surface area (Å²) < 4.78 is 75.6. The van der Waals surface area contributed by atoms with Crippen molar-refractivity contribution < 1.29 is 26.3 Å². The fraction of sp³-hybridized carbons (Fsp3) is 0.400. The molecule has 0 unspecified atom stereocenters. The van der Waals surface area contributed by atoms with Crippen LogP contribution in [0.5, 0.6) is 0 Å². The molecule has 7 heteroatoms. The van der Waals surface area contributed by atoms with Crippen LogP contribution in [0.1, 0.15) is 16.7 Å². The van der Waals surface area contributed by atoms with Crippen LogP contribution >= 0.6 is 11.8 Å². The number of benzene rings is 1. The second-order valence-electron chi connectivity index (χ2n) is 3.39. The molecule has 0 aliphatic carbocycles. The lowest BCUT2D eigenvalue weighted by Gasteiger charge is -2.18. The van der Waals surface area contributed by atoms with Gasteiger partial charge in [0.25, 0.3) is 0 Å². The van der Waals surface area contributed by atoms with Gasteiger partial charge >= 0.3 is 12.4 Å². The standard InChI is InChI=1S/C10H8F6S/c1-5-3-6(9(11,12)13)8(17-2)7(4-5)10(14,15)16/h3-4H,1-2H3. The van der Waals surface area contributed by atoms with E-state index in [1.54, 1.807) is 0 Å². The lowest BCUT2D eigenvalue weighted by molar-refractivity contribution is -0.147. The molecule has 0 bridgehead atoms. The fourth-order valence-electron chi connectivity index (χ4n) is 1.41. The lowest BCUT2D eigenvalue weighted by Crippen LogP contribution is -2.14. The molecule has 1 aromatic carbocycles. The summed E-state index contributed by atoms with van der Waals surface area (Å²) in [6, 6.07) is 1.45. The van der Waals surface area contributed by atoms with Gasteiger partial charge in [-0.3, -0.25) is 0 Å². The maximum atomic E-state index is 12.6. The summed E-state index contributed by atoms with van der Waals surface area (Å²) in [5.41, 5.74) is -2.54. The summed E-state index contributed by atoms with van der Waals surface area (Å²) in [5.74, 6) is 0. The molecule has 0 radical (unpaired) electrons. The second-order valence-corrected chi connectivity index (χ2v) is 4.21. The molecule has 0 fully saturated rings. The molecule has 1 rings (SSSR count). The molecule has 0 aliphatic heterocycles. The lowest BCUT2D eigenvalue weighted by atomic mass is 10.1. The average molecular weight is 274 g/mol. The third-order valence-electron chi connectivity index (χ3n) is 2.05. The van der Waals surface area contributed by atoms with Crippen LogP contribution in [0, 0.1) is 6.92 Å². The number of aryl methyl sites for hydroxylation is 1. The molecule has 0 spiro atoms. The van der Waals surface area contributed by atoms with Gasteiger partial charge in [-0.1, -0.05) is 0 Å². The first-order valence-electron chi connectivity index (χ1n) is 4.40. The Bertz CT molecular complexity index is 383. The largest absolute Gasteiger partial charge is 0.417 e. The van der Waals surface area contributed by atoms with Crippen molar-refractivity contribution in [3.63, 3.8) is 0 Å². The number of alkyl halides is 6. The molecule has 0 saturated heterocycles. The van der Waals surface area contributed by atoms with Gasteiger partial charge in [0, 0.05) is 4.90 Å². The van der Waals surface area contributed by atoms with Gasteiger partial charge in [0.1, 0.15) is 0 Å². The van der Waals surface area contributed by atoms with E-state index in [4.69, 9.17) is 0 Å². The number of hydrogen-bond donors (Lipinski definition) is 0. The Hall–Kier alpha value is -0.850. The van der Waals surface area contributed by atoms with Gasteiger partial charge in [-0.2, -0.15) is 26.3 Å². The van der Waals surface area contributed by atoms with E-state index in [2.05, 4.69) is 0 Å². The Labute approximate surface area is 98.0 Å². The van der Waals surface area contributed by atoms with Gasteiger partial charge in [0.15, 0.2) is 0 Å². The van der Waals surface area contributed by atoms with E-state index in [1.165, 1.54) is 13.2 Å². The van der Waals surface area contributed by atoms with E-state index in [9.17, 15) is 26.3 Å². The maximum Gasteiger partial charge on any atom is 0.417 e. The van der Waals surface area contributed by atoms with Crippen LogP contribution < -0.4 is 0 Å². The molecule has 0 nitrogen and oxygen atoms in total. The number of thioether (sulfide) groups is 1. The van der Waals surface area contributed by atoms with E-state index in [0.717, 1.165) is 12.1 Å². The van der Waals surface area contributed by atoms with Crippen molar-refractivity contribution in [3.05, 3.63) is 28.8 Å². The van der Waals surface area contributed by atoms with E-state index in [1.807, 2.05) is 0 Å². The van der Waals surface area contributed by atoms with Gasteiger partial charge in [0.2, 0.25) is 0 Å². The van der Waals surface area contributed by atoms with Crippen molar-refractivity contribution >= 4 is 11.8 Å². The predicted octanol–water partition coefficient (Wildman–Crippen LogP) is 4.75. The third-order valence-corrected chi connectivity index (χ3v) is 2.90. The molecule has 0 atom stereocenters. The predicted molar refractivity (Wildman–Crippen MR) is 53.0 cm³/mol. The number of hydrogen-bond acceptors (Lipinski definition) is 1. The minimum Gasteiger partial charge on any atom is -0.166 e. The molecule has 0 heterocycles. The van der Waals surface area contributed by atoms with Crippen LogP contribution in [0.3, 0.4) is 0 Å². The highest BCUT2D eigenvalue weighted by molar-refractivity contribution is 7.98. The normalized spacial score (nSPS) is 12.9.